The van der Waals surface area contributed by atoms with Gasteiger partial charge in [0.05, 0.1) is 7.11 Å². The molecule has 0 saturated heterocycles. The molecule has 0 aliphatic rings. The Hall–Kier alpha value is -0.0600. The molecule has 0 rings (SSSR count). The minimum atomic E-state index is -0.259. The van der Waals surface area contributed by atoms with Crippen LogP contribution in [-0.4, -0.2) is 13.1 Å². The van der Waals surface area contributed by atoms with Crippen molar-refractivity contribution >= 4 is 28.6 Å². The Balaban J connectivity index is 3.70. The third-order valence-corrected chi connectivity index (χ3v) is 2.10. The van der Waals surface area contributed by atoms with Gasteiger partial charge in [-0.1, -0.05) is 13.3 Å². The van der Waals surface area contributed by atoms with Crippen LogP contribution in [0.2, 0.25) is 0 Å². The lowest BCUT2D eigenvalue weighted by Crippen LogP contribution is -1.94. The molecule has 3 heteroatoms. The van der Waals surface area contributed by atoms with E-state index in [2.05, 4.69) is 34.3 Å². The molecule has 64 valence electrons. The standard InChI is InChI=1S/C8H13IO2/c1-3-4-5-7(9)6-8(10)11-2/h6H,3-5H2,1-2H3/b7-6+. The van der Waals surface area contributed by atoms with Crippen LogP contribution < -0.4 is 0 Å². The third-order valence-electron chi connectivity index (χ3n) is 1.24. The van der Waals surface area contributed by atoms with E-state index < -0.39 is 0 Å². The first-order chi connectivity index (χ1) is 5.20. The first kappa shape index (κ1) is 10.9. The van der Waals surface area contributed by atoms with Gasteiger partial charge in [0.1, 0.15) is 0 Å². The van der Waals surface area contributed by atoms with Crippen LogP contribution >= 0.6 is 22.6 Å². The highest BCUT2D eigenvalue weighted by atomic mass is 127. The Morgan fingerprint density at radius 3 is 2.73 bits per heavy atom. The maximum absolute atomic E-state index is 10.7. The number of unbranched alkanes of at least 4 members (excludes halogenated alkanes) is 1. The molecule has 2 nitrogen and oxygen atoms in total. The fourth-order valence-electron chi connectivity index (χ4n) is 0.605. The molecule has 0 amide bonds. The summed E-state index contributed by atoms with van der Waals surface area (Å²) in [5.41, 5.74) is 0. The molecule has 0 bridgehead atoms. The lowest BCUT2D eigenvalue weighted by molar-refractivity contribution is -0.134. The third kappa shape index (κ3) is 6.34. The number of allylic oxidation sites excluding steroid dienone is 1. The van der Waals surface area contributed by atoms with Crippen molar-refractivity contribution in [1.29, 1.82) is 0 Å². The van der Waals surface area contributed by atoms with Gasteiger partial charge in [0, 0.05) is 6.08 Å². The number of rotatable bonds is 4. The van der Waals surface area contributed by atoms with Crippen LogP contribution in [0.1, 0.15) is 26.2 Å². The Bertz CT molecular complexity index is 152. The van der Waals surface area contributed by atoms with Crippen molar-refractivity contribution in [2.24, 2.45) is 0 Å². The number of hydrogen-bond donors (Lipinski definition) is 0. The second-order valence-corrected chi connectivity index (χ2v) is 3.60. The van der Waals surface area contributed by atoms with Crippen LogP contribution in [0.5, 0.6) is 0 Å². The number of carbonyl (C=O) groups is 1. The number of esters is 1. The van der Waals surface area contributed by atoms with E-state index in [1.165, 1.54) is 13.2 Å². The summed E-state index contributed by atoms with van der Waals surface area (Å²) in [7, 11) is 1.39. The van der Waals surface area contributed by atoms with Crippen molar-refractivity contribution in [2.75, 3.05) is 7.11 Å². The monoisotopic (exact) mass is 268 g/mol. The van der Waals surface area contributed by atoms with E-state index in [-0.39, 0.29) is 5.97 Å². The average molecular weight is 268 g/mol. The van der Waals surface area contributed by atoms with Gasteiger partial charge in [-0.05, 0) is 39.0 Å². The van der Waals surface area contributed by atoms with Gasteiger partial charge in [0.25, 0.3) is 0 Å². The second-order valence-electron chi connectivity index (χ2n) is 2.22. The average Bonchev–Trinajstić information content (AvgIpc) is 2.00. The maximum atomic E-state index is 10.7. The molecule has 0 fully saturated rings. The highest BCUT2D eigenvalue weighted by molar-refractivity contribution is 14.1. The number of methoxy groups -OCH3 is 1. The Labute approximate surface area is 81.1 Å². The molecule has 0 aliphatic carbocycles. The molecule has 0 unspecified atom stereocenters. The van der Waals surface area contributed by atoms with Crippen molar-refractivity contribution < 1.29 is 9.53 Å². The predicted octanol–water partition coefficient (Wildman–Crippen LogP) is 2.67. The Kier molecular flexibility index (Phi) is 6.60. The summed E-state index contributed by atoms with van der Waals surface area (Å²) in [6, 6.07) is 0. The van der Waals surface area contributed by atoms with Gasteiger partial charge >= 0.3 is 5.97 Å². The van der Waals surface area contributed by atoms with Gasteiger partial charge in [-0.25, -0.2) is 4.79 Å². The number of hydrogen-bond acceptors (Lipinski definition) is 2. The second kappa shape index (κ2) is 6.64. The van der Waals surface area contributed by atoms with E-state index in [1.54, 1.807) is 0 Å². The van der Waals surface area contributed by atoms with Crippen LogP contribution in [-0.2, 0) is 9.53 Å². The molecule has 0 N–H and O–H groups in total. The first-order valence-electron chi connectivity index (χ1n) is 3.64. The molecule has 11 heavy (non-hydrogen) atoms. The highest BCUT2D eigenvalue weighted by Crippen LogP contribution is 2.14. The Morgan fingerprint density at radius 2 is 2.27 bits per heavy atom. The van der Waals surface area contributed by atoms with E-state index in [9.17, 15) is 4.79 Å². The quantitative estimate of drug-likeness (QED) is 0.445. The van der Waals surface area contributed by atoms with Crippen LogP contribution in [0.15, 0.2) is 9.66 Å². The minimum absolute atomic E-state index is 0.259. The summed E-state index contributed by atoms with van der Waals surface area (Å²) >= 11 is 2.16. The molecular weight excluding hydrogens is 255 g/mol. The molecule has 0 aromatic rings. The number of halogens is 1. The molecule has 0 saturated carbocycles. The van der Waals surface area contributed by atoms with Gasteiger partial charge in [0.2, 0.25) is 0 Å². The highest BCUT2D eigenvalue weighted by Gasteiger charge is 1.96. The lowest BCUT2D eigenvalue weighted by Gasteiger charge is -1.96. The summed E-state index contributed by atoms with van der Waals surface area (Å²) in [5, 5.41) is 0. The summed E-state index contributed by atoms with van der Waals surface area (Å²) in [5.74, 6) is -0.259. The van der Waals surface area contributed by atoms with Crippen LogP contribution in [0.3, 0.4) is 0 Å². The van der Waals surface area contributed by atoms with Crippen LogP contribution in [0.4, 0.5) is 0 Å². The van der Waals surface area contributed by atoms with E-state index in [1.807, 2.05) is 0 Å². The fourth-order valence-corrected chi connectivity index (χ4v) is 1.24. The topological polar surface area (TPSA) is 26.3 Å². The smallest absolute Gasteiger partial charge is 0.331 e. The SMILES string of the molecule is CCCC/C(I)=C\C(=O)OC. The van der Waals surface area contributed by atoms with Gasteiger partial charge in [0.15, 0.2) is 0 Å². The van der Waals surface area contributed by atoms with Gasteiger partial charge in [-0.15, -0.1) is 0 Å². The molecule has 0 atom stereocenters. The zero-order valence-electron chi connectivity index (χ0n) is 6.89. The zero-order chi connectivity index (χ0) is 8.69. The van der Waals surface area contributed by atoms with Crippen LogP contribution in [0, 0.1) is 0 Å². The van der Waals surface area contributed by atoms with Crippen LogP contribution in [0.25, 0.3) is 0 Å². The summed E-state index contributed by atoms with van der Waals surface area (Å²) in [6.45, 7) is 2.13. The normalized spacial score (nSPS) is 11.4. The molecule has 0 spiro atoms. The number of ether oxygens (including phenoxy) is 1. The zero-order valence-corrected chi connectivity index (χ0v) is 9.05. The molecule has 0 aliphatic heterocycles. The largest absolute Gasteiger partial charge is 0.466 e. The maximum Gasteiger partial charge on any atom is 0.331 e. The van der Waals surface area contributed by atoms with Crippen molar-refractivity contribution in [1.82, 2.24) is 0 Å². The van der Waals surface area contributed by atoms with E-state index >= 15 is 0 Å². The van der Waals surface area contributed by atoms with E-state index in [4.69, 9.17) is 0 Å². The molecule has 0 aromatic heterocycles. The minimum Gasteiger partial charge on any atom is -0.466 e. The van der Waals surface area contributed by atoms with Gasteiger partial charge < -0.3 is 4.74 Å². The van der Waals surface area contributed by atoms with Crippen molar-refractivity contribution in [3.8, 4) is 0 Å². The predicted molar refractivity (Wildman–Crippen MR) is 53.6 cm³/mol. The molecule has 0 heterocycles. The van der Waals surface area contributed by atoms with E-state index in [0.717, 1.165) is 22.8 Å². The van der Waals surface area contributed by atoms with Gasteiger partial charge in [-0.3, -0.25) is 0 Å². The van der Waals surface area contributed by atoms with Gasteiger partial charge in [-0.2, -0.15) is 0 Å². The van der Waals surface area contributed by atoms with Crippen molar-refractivity contribution in [3.63, 3.8) is 0 Å². The lowest BCUT2D eigenvalue weighted by atomic mass is 10.2. The van der Waals surface area contributed by atoms with E-state index in [0.29, 0.717) is 0 Å². The summed E-state index contributed by atoms with van der Waals surface area (Å²) in [6.07, 6.45) is 4.80. The summed E-state index contributed by atoms with van der Waals surface area (Å²) < 4.78 is 5.55. The molecular formula is C8H13IO2. The Morgan fingerprint density at radius 1 is 1.64 bits per heavy atom. The fraction of sp³-hybridized carbons (Fsp3) is 0.625. The number of carbonyl (C=O) groups excluding carboxylic acids is 1. The molecule has 0 radical (unpaired) electrons. The molecule has 0 aromatic carbocycles. The van der Waals surface area contributed by atoms with Crippen molar-refractivity contribution in [2.45, 2.75) is 26.2 Å². The van der Waals surface area contributed by atoms with Crippen molar-refractivity contribution in [3.05, 3.63) is 9.66 Å². The first-order valence-corrected chi connectivity index (χ1v) is 4.72. The summed E-state index contributed by atoms with van der Waals surface area (Å²) in [4.78, 5) is 10.7.